The Hall–Kier alpha value is -0.830. The van der Waals surface area contributed by atoms with E-state index in [0.29, 0.717) is 0 Å². The smallest absolute Gasteiger partial charge is 0.0406 e. The number of piperazine rings is 1. The first-order valence-electron chi connectivity index (χ1n) is 8.64. The van der Waals surface area contributed by atoms with E-state index >= 15 is 0 Å². The van der Waals surface area contributed by atoms with Gasteiger partial charge in [0.15, 0.2) is 0 Å². The van der Waals surface area contributed by atoms with Gasteiger partial charge in [0, 0.05) is 44.3 Å². The third-order valence-electron chi connectivity index (χ3n) is 5.69. The van der Waals surface area contributed by atoms with Crippen molar-refractivity contribution >= 4 is 11.6 Å². The lowest BCUT2D eigenvalue weighted by Gasteiger charge is -2.37. The lowest BCUT2D eigenvalue weighted by Crippen LogP contribution is -2.47. The van der Waals surface area contributed by atoms with Crippen molar-refractivity contribution in [3.63, 3.8) is 0 Å². The van der Waals surface area contributed by atoms with Crippen LogP contribution in [0.4, 0.5) is 0 Å². The zero-order valence-corrected chi connectivity index (χ0v) is 13.9. The zero-order chi connectivity index (χ0) is 14.9. The van der Waals surface area contributed by atoms with Crippen molar-refractivity contribution in [2.24, 2.45) is 17.8 Å². The van der Waals surface area contributed by atoms with Gasteiger partial charge in [-0.15, -0.1) is 0 Å². The highest BCUT2D eigenvalue weighted by Gasteiger charge is 2.36. The minimum absolute atomic E-state index is 0.827. The molecule has 1 aromatic carbocycles. The molecule has 1 saturated carbocycles. The van der Waals surface area contributed by atoms with Gasteiger partial charge in [-0.05, 0) is 48.3 Å². The summed E-state index contributed by atoms with van der Waals surface area (Å²) in [7, 11) is 0. The molecule has 2 fully saturated rings. The average Bonchev–Trinajstić information content (AvgIpc) is 3.14. The van der Waals surface area contributed by atoms with Crippen LogP contribution in [0.3, 0.4) is 0 Å². The summed E-state index contributed by atoms with van der Waals surface area (Å²) in [6.07, 6.45) is 7.80. The van der Waals surface area contributed by atoms with Gasteiger partial charge in [0.1, 0.15) is 0 Å². The average molecular weight is 317 g/mol. The molecule has 0 radical (unpaired) electrons. The molecule has 0 N–H and O–H groups in total. The molecule has 1 heterocycles. The van der Waals surface area contributed by atoms with E-state index in [0.717, 1.165) is 29.3 Å². The molecule has 1 aromatic rings. The van der Waals surface area contributed by atoms with Crippen molar-refractivity contribution in [3.8, 4) is 0 Å². The van der Waals surface area contributed by atoms with Crippen molar-refractivity contribution in [2.75, 3.05) is 32.7 Å². The van der Waals surface area contributed by atoms with E-state index in [9.17, 15) is 0 Å². The predicted molar refractivity (Wildman–Crippen MR) is 92.0 cm³/mol. The second-order valence-corrected chi connectivity index (χ2v) is 7.68. The molecular weight excluding hydrogens is 292 g/mol. The predicted octanol–water partition coefficient (Wildman–Crippen LogP) is 3.67. The Bertz CT molecular complexity index is 531. The van der Waals surface area contributed by atoms with Gasteiger partial charge in [0.25, 0.3) is 0 Å². The van der Waals surface area contributed by atoms with Crippen molar-refractivity contribution in [1.82, 2.24) is 9.80 Å². The molecule has 3 atom stereocenters. The molecule has 2 bridgehead atoms. The van der Waals surface area contributed by atoms with Crippen LogP contribution in [0.5, 0.6) is 0 Å². The topological polar surface area (TPSA) is 6.48 Å². The molecule has 0 amide bonds. The summed E-state index contributed by atoms with van der Waals surface area (Å²) in [4.78, 5) is 5.26. The maximum atomic E-state index is 5.96. The van der Waals surface area contributed by atoms with Gasteiger partial charge in [-0.25, -0.2) is 0 Å². The Morgan fingerprint density at radius 3 is 2.27 bits per heavy atom. The monoisotopic (exact) mass is 316 g/mol. The summed E-state index contributed by atoms with van der Waals surface area (Å²) in [5.74, 6) is 2.72. The summed E-state index contributed by atoms with van der Waals surface area (Å²) in [5.41, 5.74) is 1.37. The van der Waals surface area contributed by atoms with Gasteiger partial charge >= 0.3 is 0 Å². The Labute approximate surface area is 138 Å². The maximum Gasteiger partial charge on any atom is 0.0406 e. The van der Waals surface area contributed by atoms with Gasteiger partial charge in [-0.1, -0.05) is 35.9 Å². The van der Waals surface area contributed by atoms with E-state index in [1.165, 1.54) is 51.1 Å². The number of benzene rings is 1. The van der Waals surface area contributed by atoms with Crippen LogP contribution in [-0.4, -0.2) is 42.5 Å². The lowest BCUT2D eigenvalue weighted by molar-refractivity contribution is 0.108. The summed E-state index contributed by atoms with van der Waals surface area (Å²) in [6.45, 7) is 7.22. The largest absolute Gasteiger partial charge is 0.300 e. The van der Waals surface area contributed by atoms with E-state index in [-0.39, 0.29) is 0 Å². The summed E-state index contributed by atoms with van der Waals surface area (Å²) in [5, 5.41) is 0.827. The first-order valence-corrected chi connectivity index (χ1v) is 9.01. The fourth-order valence-electron chi connectivity index (χ4n) is 4.41. The van der Waals surface area contributed by atoms with Crippen LogP contribution in [0.1, 0.15) is 18.4 Å². The summed E-state index contributed by atoms with van der Waals surface area (Å²) < 4.78 is 0. The first kappa shape index (κ1) is 14.7. The normalized spacial score (nSPS) is 32.0. The number of allylic oxidation sites excluding steroid dienone is 2. The molecule has 3 heteroatoms. The quantitative estimate of drug-likeness (QED) is 0.782. The minimum Gasteiger partial charge on any atom is -0.300 e. The molecule has 0 spiro atoms. The Morgan fingerprint density at radius 2 is 1.64 bits per heavy atom. The number of nitrogens with zero attached hydrogens (tertiary/aromatic N) is 2. The lowest BCUT2D eigenvalue weighted by atomic mass is 9.93. The van der Waals surface area contributed by atoms with Crippen LogP contribution in [0.15, 0.2) is 36.4 Å². The zero-order valence-electron chi connectivity index (χ0n) is 13.1. The number of rotatable bonds is 4. The highest BCUT2D eigenvalue weighted by Crippen LogP contribution is 2.43. The molecule has 2 aliphatic carbocycles. The molecule has 3 aliphatic rings. The van der Waals surface area contributed by atoms with E-state index in [1.807, 2.05) is 12.1 Å². The van der Waals surface area contributed by atoms with Gasteiger partial charge in [0.2, 0.25) is 0 Å². The van der Waals surface area contributed by atoms with Gasteiger partial charge in [-0.3, -0.25) is 4.90 Å². The molecule has 2 nitrogen and oxygen atoms in total. The molecule has 0 aromatic heterocycles. The number of halogens is 1. The number of hydrogen-bond donors (Lipinski definition) is 0. The van der Waals surface area contributed by atoms with Gasteiger partial charge in [0.05, 0.1) is 0 Å². The highest BCUT2D eigenvalue weighted by atomic mass is 35.5. The summed E-state index contributed by atoms with van der Waals surface area (Å²) in [6, 6.07) is 8.29. The third-order valence-corrected chi connectivity index (χ3v) is 5.95. The van der Waals surface area contributed by atoms with Crippen molar-refractivity contribution < 1.29 is 0 Å². The van der Waals surface area contributed by atoms with E-state index in [2.05, 4.69) is 34.1 Å². The minimum atomic E-state index is 0.827. The number of hydrogen-bond acceptors (Lipinski definition) is 2. The SMILES string of the molecule is Clc1ccc(CN2CCN(C[C@H]3C[C@H]4C=C[C@@H]3C4)CC2)cc1. The molecule has 118 valence electrons. The van der Waals surface area contributed by atoms with Crippen LogP contribution in [-0.2, 0) is 6.54 Å². The highest BCUT2D eigenvalue weighted by molar-refractivity contribution is 6.30. The van der Waals surface area contributed by atoms with Crippen LogP contribution < -0.4 is 0 Å². The molecule has 1 aliphatic heterocycles. The van der Waals surface area contributed by atoms with E-state index < -0.39 is 0 Å². The van der Waals surface area contributed by atoms with Gasteiger partial charge < -0.3 is 4.90 Å². The Kier molecular flexibility index (Phi) is 4.25. The number of fused-ring (bicyclic) bond motifs is 2. The van der Waals surface area contributed by atoms with Crippen LogP contribution in [0.2, 0.25) is 5.02 Å². The maximum absolute atomic E-state index is 5.96. The second-order valence-electron chi connectivity index (χ2n) is 7.24. The van der Waals surface area contributed by atoms with Crippen molar-refractivity contribution in [2.45, 2.75) is 19.4 Å². The molecule has 22 heavy (non-hydrogen) atoms. The second kappa shape index (κ2) is 6.35. The van der Waals surface area contributed by atoms with E-state index in [4.69, 9.17) is 11.6 Å². The third kappa shape index (κ3) is 3.24. The van der Waals surface area contributed by atoms with Crippen molar-refractivity contribution in [1.29, 1.82) is 0 Å². The molecule has 1 saturated heterocycles. The van der Waals surface area contributed by atoms with Gasteiger partial charge in [-0.2, -0.15) is 0 Å². The summed E-state index contributed by atoms with van der Waals surface area (Å²) >= 11 is 5.96. The Balaban J connectivity index is 1.24. The van der Waals surface area contributed by atoms with E-state index in [1.54, 1.807) is 0 Å². The fraction of sp³-hybridized carbons (Fsp3) is 0.579. The van der Waals surface area contributed by atoms with Crippen LogP contribution in [0.25, 0.3) is 0 Å². The Morgan fingerprint density at radius 1 is 0.909 bits per heavy atom. The first-order chi connectivity index (χ1) is 10.8. The van der Waals surface area contributed by atoms with Crippen LogP contribution in [0, 0.1) is 17.8 Å². The van der Waals surface area contributed by atoms with Crippen molar-refractivity contribution in [3.05, 3.63) is 47.0 Å². The fourth-order valence-corrected chi connectivity index (χ4v) is 4.54. The molecular formula is C19H25ClN2. The van der Waals surface area contributed by atoms with Crippen LogP contribution >= 0.6 is 11.6 Å². The standard InChI is InChI=1S/C19H25ClN2/c20-19-5-2-15(3-6-19)13-21-7-9-22(10-8-21)14-18-12-16-1-4-17(18)11-16/h1-6,16-18H,7-14H2/t16-,17+,18+/m0/s1. The molecule has 0 unspecified atom stereocenters. The molecule has 4 rings (SSSR count).